The summed E-state index contributed by atoms with van der Waals surface area (Å²) in [6, 6.07) is 1.79. The van der Waals surface area contributed by atoms with Crippen LogP contribution in [0, 0.1) is 0 Å². The molecule has 2 aliphatic heterocycles. The van der Waals surface area contributed by atoms with E-state index in [0.717, 1.165) is 12.1 Å². The first-order valence-electron chi connectivity index (χ1n) is 7.24. The minimum absolute atomic E-state index is 0.0231. The quantitative estimate of drug-likeness (QED) is 0.780. The van der Waals surface area contributed by atoms with Crippen LogP contribution < -0.4 is 10.2 Å². The summed E-state index contributed by atoms with van der Waals surface area (Å²) in [4.78, 5) is 24.9. The van der Waals surface area contributed by atoms with Gasteiger partial charge in [0.25, 0.3) is 11.1 Å². The number of anilines is 1. The average Bonchev–Trinajstić information content (AvgIpc) is 2.84. The van der Waals surface area contributed by atoms with Gasteiger partial charge in [-0.1, -0.05) is 11.6 Å². The van der Waals surface area contributed by atoms with Gasteiger partial charge in [0.1, 0.15) is 0 Å². The van der Waals surface area contributed by atoms with Crippen molar-refractivity contribution in [1.82, 2.24) is 5.32 Å². The molecule has 1 N–H and O–H groups in total. The number of thioether (sulfide) groups is 1. The highest BCUT2D eigenvalue weighted by atomic mass is 35.5. The number of nitrogens with one attached hydrogen (secondary N) is 1. The zero-order valence-electron chi connectivity index (χ0n) is 12.7. The molecule has 2 fully saturated rings. The molecule has 1 aromatic rings. The molecule has 0 saturated carbocycles. The Morgan fingerprint density at radius 3 is 2.48 bits per heavy atom. The van der Waals surface area contributed by atoms with Crippen LogP contribution in [-0.2, 0) is 15.7 Å². The van der Waals surface area contributed by atoms with E-state index in [9.17, 15) is 22.8 Å². The highest BCUT2D eigenvalue weighted by molar-refractivity contribution is 8.18. The van der Waals surface area contributed by atoms with Crippen LogP contribution >= 0.6 is 23.4 Å². The summed E-state index contributed by atoms with van der Waals surface area (Å²) in [7, 11) is 0. The normalized spacial score (nSPS) is 20.3. The summed E-state index contributed by atoms with van der Waals surface area (Å²) < 4.78 is 44.6. The van der Waals surface area contributed by atoms with E-state index in [1.807, 2.05) is 0 Å². The summed E-state index contributed by atoms with van der Waals surface area (Å²) in [5, 5.41) is 1.44. The van der Waals surface area contributed by atoms with Crippen molar-refractivity contribution in [1.29, 1.82) is 0 Å². The lowest BCUT2D eigenvalue weighted by Crippen LogP contribution is -2.37. The molecule has 2 aliphatic rings. The zero-order valence-corrected chi connectivity index (χ0v) is 14.2. The summed E-state index contributed by atoms with van der Waals surface area (Å²) in [6.07, 6.45) is -3.32. The summed E-state index contributed by atoms with van der Waals surface area (Å²) in [6.45, 7) is 1.75. The zero-order chi connectivity index (χ0) is 18.2. The minimum Gasteiger partial charge on any atom is -0.378 e. The fourth-order valence-electron chi connectivity index (χ4n) is 2.58. The van der Waals surface area contributed by atoms with Crippen molar-refractivity contribution in [3.05, 3.63) is 33.2 Å². The number of nitrogens with zero attached hydrogens (tertiary/aromatic N) is 1. The van der Waals surface area contributed by atoms with E-state index in [1.165, 1.54) is 6.08 Å². The Labute approximate surface area is 150 Å². The van der Waals surface area contributed by atoms with E-state index < -0.39 is 22.9 Å². The van der Waals surface area contributed by atoms with Gasteiger partial charge in [-0.25, -0.2) is 0 Å². The van der Waals surface area contributed by atoms with Crippen LogP contribution in [-0.4, -0.2) is 37.4 Å². The van der Waals surface area contributed by atoms with E-state index in [2.05, 4.69) is 5.32 Å². The van der Waals surface area contributed by atoms with Gasteiger partial charge in [0, 0.05) is 18.7 Å². The molecule has 0 atom stereocenters. The molecule has 0 bridgehead atoms. The van der Waals surface area contributed by atoms with Crippen LogP contribution in [0.25, 0.3) is 6.08 Å². The summed E-state index contributed by atoms with van der Waals surface area (Å²) in [5.41, 5.74) is -0.400. The highest BCUT2D eigenvalue weighted by Crippen LogP contribution is 2.40. The largest absolute Gasteiger partial charge is 0.416 e. The van der Waals surface area contributed by atoms with Crippen molar-refractivity contribution in [3.8, 4) is 0 Å². The lowest BCUT2D eigenvalue weighted by atomic mass is 10.1. The van der Waals surface area contributed by atoms with E-state index in [1.54, 1.807) is 4.90 Å². The maximum atomic E-state index is 13.1. The Morgan fingerprint density at radius 2 is 1.92 bits per heavy atom. The Hall–Kier alpha value is -1.71. The maximum absolute atomic E-state index is 13.1. The second-order valence-electron chi connectivity index (χ2n) is 5.35. The molecule has 1 aromatic carbocycles. The van der Waals surface area contributed by atoms with Crippen LogP contribution in [0.3, 0.4) is 0 Å². The number of morpholine rings is 1. The number of halogens is 4. The topological polar surface area (TPSA) is 58.6 Å². The van der Waals surface area contributed by atoms with Crippen molar-refractivity contribution in [2.24, 2.45) is 0 Å². The molecule has 2 saturated heterocycles. The Bertz CT molecular complexity index is 761. The number of carbonyl (C=O) groups excluding carboxylic acids is 2. The monoisotopic (exact) mass is 392 g/mol. The van der Waals surface area contributed by atoms with Crippen LogP contribution in [0.4, 0.5) is 23.7 Å². The minimum atomic E-state index is -4.58. The summed E-state index contributed by atoms with van der Waals surface area (Å²) in [5.74, 6) is -0.642. The molecular formula is C15H12ClF3N2O3S. The first kappa shape index (κ1) is 18.1. The predicted octanol–water partition coefficient (Wildman–Crippen LogP) is 3.52. The molecule has 0 unspecified atom stereocenters. The first-order chi connectivity index (χ1) is 11.8. The van der Waals surface area contributed by atoms with Gasteiger partial charge in [-0.2, -0.15) is 13.2 Å². The molecule has 134 valence electrons. The van der Waals surface area contributed by atoms with Gasteiger partial charge >= 0.3 is 6.18 Å². The Kier molecular flexibility index (Phi) is 4.99. The second kappa shape index (κ2) is 6.89. The molecule has 25 heavy (non-hydrogen) atoms. The van der Waals surface area contributed by atoms with Crippen LogP contribution in [0.5, 0.6) is 0 Å². The number of alkyl halides is 3. The molecule has 0 spiro atoms. The van der Waals surface area contributed by atoms with Gasteiger partial charge in [-0.05, 0) is 30.0 Å². The molecule has 2 amide bonds. The van der Waals surface area contributed by atoms with E-state index in [-0.39, 0.29) is 15.5 Å². The number of carbonyl (C=O) groups is 2. The fourth-order valence-corrected chi connectivity index (χ4v) is 3.60. The van der Waals surface area contributed by atoms with Crippen molar-refractivity contribution in [2.75, 3.05) is 31.2 Å². The standard InChI is InChI=1S/C15H12ClF3N2O3S/c16-10-7-9(15(17,18)19)5-8(6-11-13(22)20-14(23)25-11)12(10)21-1-3-24-4-2-21/h5-7H,1-4H2,(H,20,22,23). The van der Waals surface area contributed by atoms with Crippen molar-refractivity contribution in [2.45, 2.75) is 6.18 Å². The van der Waals surface area contributed by atoms with Gasteiger partial charge in [0.05, 0.1) is 34.4 Å². The number of ether oxygens (including phenoxy) is 1. The lowest BCUT2D eigenvalue weighted by Gasteiger charge is -2.31. The van der Waals surface area contributed by atoms with Gasteiger partial charge in [-0.3, -0.25) is 14.9 Å². The van der Waals surface area contributed by atoms with E-state index in [0.29, 0.717) is 43.8 Å². The number of benzene rings is 1. The lowest BCUT2D eigenvalue weighted by molar-refractivity contribution is -0.137. The third-order valence-corrected chi connectivity index (χ3v) is 4.77. The van der Waals surface area contributed by atoms with Crippen molar-refractivity contribution < 1.29 is 27.5 Å². The molecule has 3 rings (SSSR count). The second-order valence-corrected chi connectivity index (χ2v) is 6.77. The van der Waals surface area contributed by atoms with E-state index >= 15 is 0 Å². The average molecular weight is 393 g/mol. The molecule has 5 nitrogen and oxygen atoms in total. The molecule has 0 aliphatic carbocycles. The molecule has 2 heterocycles. The third kappa shape index (κ3) is 3.94. The van der Waals surface area contributed by atoms with Gasteiger partial charge < -0.3 is 9.64 Å². The molecule has 0 aromatic heterocycles. The molecule has 10 heteroatoms. The van der Waals surface area contributed by atoms with Gasteiger partial charge in [0.2, 0.25) is 0 Å². The SMILES string of the molecule is O=C1NC(=O)C(=Cc2cc(C(F)(F)F)cc(Cl)c2N2CCOCC2)S1. The predicted molar refractivity (Wildman–Crippen MR) is 88.6 cm³/mol. The van der Waals surface area contributed by atoms with E-state index in [4.69, 9.17) is 16.3 Å². The number of imide groups is 1. The number of hydrogen-bond donors (Lipinski definition) is 1. The van der Waals surface area contributed by atoms with Crippen LogP contribution in [0.15, 0.2) is 17.0 Å². The number of hydrogen-bond acceptors (Lipinski definition) is 5. The molecular weight excluding hydrogens is 381 g/mol. The summed E-state index contributed by atoms with van der Waals surface area (Å²) >= 11 is 6.78. The first-order valence-corrected chi connectivity index (χ1v) is 8.43. The Morgan fingerprint density at radius 1 is 1.24 bits per heavy atom. The number of amides is 2. The van der Waals surface area contributed by atoms with Gasteiger partial charge in [0.15, 0.2) is 0 Å². The van der Waals surface area contributed by atoms with Crippen molar-refractivity contribution in [3.63, 3.8) is 0 Å². The Balaban J connectivity index is 2.11. The smallest absolute Gasteiger partial charge is 0.378 e. The molecule has 0 radical (unpaired) electrons. The third-order valence-electron chi connectivity index (χ3n) is 3.68. The van der Waals surface area contributed by atoms with Gasteiger partial charge in [-0.15, -0.1) is 0 Å². The number of rotatable bonds is 2. The van der Waals surface area contributed by atoms with Crippen LogP contribution in [0.2, 0.25) is 5.02 Å². The maximum Gasteiger partial charge on any atom is 0.416 e. The van der Waals surface area contributed by atoms with Crippen LogP contribution in [0.1, 0.15) is 11.1 Å². The van der Waals surface area contributed by atoms with Crippen molar-refractivity contribution >= 4 is 46.3 Å². The fraction of sp³-hybridized carbons (Fsp3) is 0.333. The highest BCUT2D eigenvalue weighted by Gasteiger charge is 2.33.